The minimum Gasteiger partial charge on any atom is -0.412 e. The Hall–Kier alpha value is -6.86. The van der Waals surface area contributed by atoms with Crippen molar-refractivity contribution in [2.24, 2.45) is 0 Å². The lowest BCUT2D eigenvalue weighted by atomic mass is 10.1. The van der Waals surface area contributed by atoms with Crippen LogP contribution in [0.4, 0.5) is 11.4 Å². The summed E-state index contributed by atoms with van der Waals surface area (Å²) >= 11 is 12.5. The fraction of sp³-hybridized carbons (Fsp3) is 0.292. The van der Waals surface area contributed by atoms with Crippen LogP contribution in [0, 0.1) is 36.5 Å². The minimum atomic E-state index is -2.23. The van der Waals surface area contributed by atoms with Gasteiger partial charge in [-0.1, -0.05) is 44.0 Å². The van der Waals surface area contributed by atoms with Crippen LogP contribution >= 0.6 is 23.2 Å². The zero-order valence-corrected chi connectivity index (χ0v) is 41.0. The zero-order valence-electron chi connectivity index (χ0n) is 38.5. The maximum absolute atomic E-state index is 13.4. The van der Waals surface area contributed by atoms with Crippen LogP contribution in [0.15, 0.2) is 85.2 Å². The number of carbonyl (C=O) groups excluding carboxylic acids is 4. The standard InChI is InChI=1S/C27H34ClN5O3Si.C21H20ClN5O3/c1-16-21(10-9-20(15-29)23(16)28)31-24(17(2)36-37(6,7)27(3,4)5)26(35)33-32-25(34)19-8-11-22-18(14-19)12-13-30-22;1-11-16(5-4-15(10-23)18(11)22)25-19(12(2)28)21(30)27-26-20(29)14-3-6-17-13(9-14)7-8-24-17/h8-14,17,24,30-31H,1-7H3,(H,32,34)(H,33,35);3-9,12,19,24-25,28H,1-2H3,(H,26,29)(H,27,30)/t17-,24+;12-,19+/m00/s1. The molecule has 16 nitrogen and oxygen atoms in total. The lowest BCUT2D eigenvalue weighted by Crippen LogP contribution is -2.55. The average molecular weight is 966 g/mol. The van der Waals surface area contributed by atoms with E-state index in [-0.39, 0.29) is 10.1 Å². The minimum absolute atomic E-state index is 0.0684. The van der Waals surface area contributed by atoms with Crippen LogP contribution in [0.5, 0.6) is 0 Å². The van der Waals surface area contributed by atoms with Crippen molar-refractivity contribution in [2.75, 3.05) is 10.6 Å². The summed E-state index contributed by atoms with van der Waals surface area (Å²) in [7, 11) is -2.23. The van der Waals surface area contributed by atoms with Crippen molar-refractivity contribution in [1.82, 2.24) is 31.7 Å². The largest absolute Gasteiger partial charge is 0.412 e. The van der Waals surface area contributed by atoms with Crippen molar-refractivity contribution >= 4 is 88.3 Å². The predicted octanol–water partition coefficient (Wildman–Crippen LogP) is 8.28. The smallest absolute Gasteiger partial charge is 0.269 e. The second kappa shape index (κ2) is 21.6. The molecule has 0 spiro atoms. The Kier molecular flexibility index (Phi) is 16.5. The van der Waals surface area contributed by atoms with Crippen molar-refractivity contribution in [1.29, 1.82) is 10.5 Å². The van der Waals surface area contributed by atoms with Crippen LogP contribution in [-0.4, -0.2) is 71.3 Å². The number of hydrazine groups is 2. The first-order valence-corrected chi connectivity index (χ1v) is 24.8. The number of amides is 4. The number of aliphatic hydroxyl groups excluding tert-OH is 1. The molecule has 9 N–H and O–H groups in total. The molecule has 4 atom stereocenters. The van der Waals surface area contributed by atoms with Gasteiger partial charge in [0.2, 0.25) is 0 Å². The molecule has 0 aliphatic rings. The number of hydrogen-bond donors (Lipinski definition) is 9. The molecule has 0 saturated carbocycles. The maximum atomic E-state index is 13.4. The van der Waals surface area contributed by atoms with Gasteiger partial charge >= 0.3 is 0 Å². The maximum Gasteiger partial charge on any atom is 0.269 e. The molecule has 0 fully saturated rings. The Morgan fingerprint density at radius 3 is 1.49 bits per heavy atom. The van der Waals surface area contributed by atoms with Crippen LogP contribution in [0.1, 0.15) is 77.6 Å². The summed E-state index contributed by atoms with van der Waals surface area (Å²) in [6.07, 6.45) is 1.95. The van der Waals surface area contributed by atoms with Crippen molar-refractivity contribution in [3.05, 3.63) is 129 Å². The highest BCUT2D eigenvalue weighted by atomic mass is 35.5. The number of halogens is 2. The van der Waals surface area contributed by atoms with Crippen LogP contribution in [0.3, 0.4) is 0 Å². The molecule has 0 aliphatic heterocycles. The molecule has 2 heterocycles. The number of rotatable bonds is 12. The third-order valence-corrected chi connectivity index (χ3v) is 17.2. The Morgan fingerprint density at radius 1 is 0.672 bits per heavy atom. The Bertz CT molecular complexity index is 2890. The number of fused-ring (bicyclic) bond motifs is 2. The van der Waals surface area contributed by atoms with E-state index in [2.05, 4.69) is 82.2 Å². The number of anilines is 2. The van der Waals surface area contributed by atoms with Gasteiger partial charge in [0.05, 0.1) is 33.4 Å². The first kappa shape index (κ1) is 51.1. The van der Waals surface area contributed by atoms with Crippen molar-refractivity contribution in [3.8, 4) is 12.1 Å². The van der Waals surface area contributed by atoms with E-state index >= 15 is 0 Å². The van der Waals surface area contributed by atoms with Crippen molar-refractivity contribution in [2.45, 2.75) is 90.9 Å². The van der Waals surface area contributed by atoms with Gasteiger partial charge in [-0.25, -0.2) is 0 Å². The second-order valence-corrected chi connectivity index (χ2v) is 22.9. The number of aromatic nitrogens is 2. The number of aliphatic hydroxyl groups is 1. The molecular formula is C48H54Cl2N10O6Si. The highest BCUT2D eigenvalue weighted by Gasteiger charge is 2.41. The number of nitriles is 2. The molecule has 6 aromatic rings. The van der Waals surface area contributed by atoms with E-state index in [9.17, 15) is 29.5 Å². The molecule has 6 rings (SSSR count). The topological polar surface area (TPSA) is 249 Å². The highest BCUT2D eigenvalue weighted by molar-refractivity contribution is 6.74. The summed E-state index contributed by atoms with van der Waals surface area (Å²) in [5.41, 5.74) is 15.3. The van der Waals surface area contributed by atoms with Gasteiger partial charge in [-0.15, -0.1) is 0 Å². The van der Waals surface area contributed by atoms with Crippen molar-refractivity contribution < 1.29 is 28.7 Å². The Labute approximate surface area is 399 Å². The fourth-order valence-corrected chi connectivity index (χ4v) is 8.46. The molecule has 4 amide bonds. The number of nitrogens with zero attached hydrogens (tertiary/aromatic N) is 2. The average Bonchev–Trinajstić information content (AvgIpc) is 3.97. The molecule has 0 radical (unpaired) electrons. The zero-order chi connectivity index (χ0) is 49.4. The molecule has 2 aromatic heterocycles. The van der Waals surface area contributed by atoms with E-state index in [1.165, 1.54) is 13.0 Å². The number of benzene rings is 4. The number of H-pyrrole nitrogens is 2. The summed E-state index contributed by atoms with van der Waals surface area (Å²) in [5, 5.41) is 36.8. The molecular weight excluding hydrogens is 912 g/mol. The molecule has 350 valence electrons. The lowest BCUT2D eigenvalue weighted by molar-refractivity contribution is -0.125. The summed E-state index contributed by atoms with van der Waals surface area (Å²) in [4.78, 5) is 57.2. The van der Waals surface area contributed by atoms with E-state index in [4.69, 9.17) is 32.9 Å². The Balaban J connectivity index is 0.000000256. The van der Waals surface area contributed by atoms with Gasteiger partial charge in [0.15, 0.2) is 8.32 Å². The monoisotopic (exact) mass is 964 g/mol. The molecule has 0 unspecified atom stereocenters. The molecule has 67 heavy (non-hydrogen) atoms. The van der Waals surface area contributed by atoms with Gasteiger partial charge in [-0.2, -0.15) is 10.5 Å². The number of hydrogen-bond acceptors (Lipinski definition) is 10. The van der Waals surface area contributed by atoms with E-state index in [0.717, 1.165) is 21.8 Å². The van der Waals surface area contributed by atoms with Crippen molar-refractivity contribution in [3.63, 3.8) is 0 Å². The molecule has 0 saturated heterocycles. The van der Waals surface area contributed by atoms with Gasteiger partial charge in [-0.3, -0.25) is 40.9 Å². The highest BCUT2D eigenvalue weighted by Crippen LogP contribution is 2.38. The van der Waals surface area contributed by atoms with Gasteiger partial charge in [-0.05, 0) is 130 Å². The first-order chi connectivity index (χ1) is 31.6. The van der Waals surface area contributed by atoms with E-state index < -0.39 is 56.2 Å². The van der Waals surface area contributed by atoms with E-state index in [0.29, 0.717) is 49.8 Å². The molecule has 19 heteroatoms. The summed E-state index contributed by atoms with van der Waals surface area (Å²) < 4.78 is 6.52. The number of carbonyl (C=O) groups is 4. The normalized spacial score (nSPS) is 13.1. The second-order valence-electron chi connectivity index (χ2n) is 17.4. The fourth-order valence-electron chi connectivity index (χ4n) is 6.63. The van der Waals surface area contributed by atoms with Crippen LogP contribution in [0.25, 0.3) is 21.8 Å². The predicted molar refractivity (Wildman–Crippen MR) is 264 cm³/mol. The Morgan fingerprint density at radius 2 is 1.09 bits per heavy atom. The van der Waals surface area contributed by atoms with E-state index in [1.807, 2.05) is 31.2 Å². The summed E-state index contributed by atoms with van der Waals surface area (Å²) in [6.45, 7) is 17.4. The molecule has 0 aliphatic carbocycles. The third kappa shape index (κ3) is 12.3. The third-order valence-electron chi connectivity index (χ3n) is 11.7. The lowest BCUT2D eigenvalue weighted by Gasteiger charge is -2.40. The molecule has 4 aromatic carbocycles. The van der Waals surface area contributed by atoms with E-state index in [1.54, 1.807) is 74.8 Å². The van der Waals surface area contributed by atoms with Crippen LogP contribution < -0.4 is 32.3 Å². The number of aromatic amines is 2. The summed E-state index contributed by atoms with van der Waals surface area (Å²) in [6, 6.07) is 22.6. The van der Waals surface area contributed by atoms with Crippen LogP contribution in [0.2, 0.25) is 28.2 Å². The van der Waals surface area contributed by atoms with Gasteiger partial charge < -0.3 is 30.1 Å². The van der Waals surface area contributed by atoms with Gasteiger partial charge in [0, 0.05) is 56.7 Å². The first-order valence-electron chi connectivity index (χ1n) is 21.2. The van der Waals surface area contributed by atoms with Gasteiger partial charge in [0.25, 0.3) is 23.6 Å². The summed E-state index contributed by atoms with van der Waals surface area (Å²) in [5.74, 6) is -2.04. The van der Waals surface area contributed by atoms with Crippen LogP contribution in [-0.2, 0) is 14.0 Å². The quantitative estimate of drug-likeness (QED) is 0.0419. The SMILES string of the molecule is Cc1c(N[C@@H](C(=O)NNC(=O)c2ccc3[nH]ccc3c2)[C@H](C)O)ccc(C#N)c1Cl.Cc1c(N[C@@H](C(=O)NNC(=O)c2ccc3[nH]ccc3c2)[C@H](C)O[Si](C)(C)C(C)(C)C)ccc(C#N)c1Cl. The number of nitrogens with one attached hydrogen (secondary N) is 8. The molecule has 0 bridgehead atoms. The van der Waals surface area contributed by atoms with Gasteiger partial charge in [0.1, 0.15) is 24.2 Å².